The fourth-order valence-corrected chi connectivity index (χ4v) is 1.05. The number of hydrogen-bond donors (Lipinski definition) is 2. The third-order valence-corrected chi connectivity index (χ3v) is 1.85. The van der Waals surface area contributed by atoms with Crippen molar-refractivity contribution in [3.63, 3.8) is 0 Å². The maximum Gasteiger partial charge on any atom is 0.0805 e. The fraction of sp³-hybridized carbons (Fsp3) is 0.250. The standard InChI is InChI=1S/C8H12ClN3/c1-12(6-11-10)8-4-2-7(9)3-5-8/h2-5,11H,6,10H2,1H3. The molecule has 0 unspecified atom stereocenters. The lowest BCUT2D eigenvalue weighted by Crippen LogP contribution is -2.35. The van der Waals surface area contributed by atoms with Gasteiger partial charge in [-0.05, 0) is 24.3 Å². The van der Waals surface area contributed by atoms with Gasteiger partial charge in [0.2, 0.25) is 0 Å². The molecule has 0 saturated carbocycles. The van der Waals surface area contributed by atoms with Crippen LogP contribution >= 0.6 is 11.6 Å². The first-order valence-corrected chi connectivity index (χ1v) is 4.02. The summed E-state index contributed by atoms with van der Waals surface area (Å²) in [5.41, 5.74) is 3.65. The van der Waals surface area contributed by atoms with Crippen molar-refractivity contribution in [2.45, 2.75) is 0 Å². The molecule has 3 nitrogen and oxygen atoms in total. The van der Waals surface area contributed by atoms with Gasteiger partial charge >= 0.3 is 0 Å². The summed E-state index contributed by atoms with van der Waals surface area (Å²) < 4.78 is 0. The zero-order chi connectivity index (χ0) is 8.97. The summed E-state index contributed by atoms with van der Waals surface area (Å²) in [7, 11) is 1.95. The van der Waals surface area contributed by atoms with Crippen LogP contribution < -0.4 is 16.2 Å². The molecule has 0 fully saturated rings. The van der Waals surface area contributed by atoms with Crippen LogP contribution in [0.1, 0.15) is 0 Å². The summed E-state index contributed by atoms with van der Waals surface area (Å²) in [6.07, 6.45) is 0. The highest BCUT2D eigenvalue weighted by Crippen LogP contribution is 2.15. The molecule has 0 aliphatic rings. The van der Waals surface area contributed by atoms with Crippen LogP contribution in [0, 0.1) is 0 Å². The summed E-state index contributed by atoms with van der Waals surface area (Å²) in [5.74, 6) is 5.18. The van der Waals surface area contributed by atoms with Gasteiger partial charge in [0.15, 0.2) is 0 Å². The monoisotopic (exact) mass is 185 g/mol. The fourth-order valence-electron chi connectivity index (χ4n) is 0.924. The van der Waals surface area contributed by atoms with E-state index in [0.717, 1.165) is 10.7 Å². The summed E-state index contributed by atoms with van der Waals surface area (Å²) in [6, 6.07) is 7.59. The minimum Gasteiger partial charge on any atom is -0.361 e. The smallest absolute Gasteiger partial charge is 0.0805 e. The number of hydrazine groups is 1. The molecule has 66 valence electrons. The number of benzene rings is 1. The number of nitrogens with zero attached hydrogens (tertiary/aromatic N) is 1. The molecule has 0 aliphatic heterocycles. The van der Waals surface area contributed by atoms with Crippen LogP contribution in [0.5, 0.6) is 0 Å². The zero-order valence-electron chi connectivity index (χ0n) is 6.92. The molecule has 0 amide bonds. The third kappa shape index (κ3) is 2.37. The predicted octanol–water partition coefficient (Wildman–Crippen LogP) is 1.20. The summed E-state index contributed by atoms with van der Waals surface area (Å²) in [4.78, 5) is 1.98. The highest BCUT2D eigenvalue weighted by Gasteiger charge is 1.97. The number of halogens is 1. The Labute approximate surface area is 77.1 Å². The van der Waals surface area contributed by atoms with Gasteiger partial charge in [0, 0.05) is 17.8 Å². The van der Waals surface area contributed by atoms with Crippen molar-refractivity contribution < 1.29 is 0 Å². The van der Waals surface area contributed by atoms with Crippen molar-refractivity contribution in [1.82, 2.24) is 5.43 Å². The second kappa shape index (κ2) is 4.30. The maximum absolute atomic E-state index is 5.73. The molecule has 0 aromatic heterocycles. The topological polar surface area (TPSA) is 41.3 Å². The summed E-state index contributed by atoms with van der Waals surface area (Å²) >= 11 is 5.73. The zero-order valence-corrected chi connectivity index (χ0v) is 7.67. The number of hydrogen-bond acceptors (Lipinski definition) is 3. The van der Waals surface area contributed by atoms with Gasteiger partial charge in [-0.2, -0.15) is 0 Å². The second-order valence-electron chi connectivity index (χ2n) is 2.54. The maximum atomic E-state index is 5.73. The van der Waals surface area contributed by atoms with E-state index in [9.17, 15) is 0 Å². The molecular formula is C8H12ClN3. The third-order valence-electron chi connectivity index (χ3n) is 1.60. The minimum atomic E-state index is 0.613. The van der Waals surface area contributed by atoms with Gasteiger partial charge in [-0.3, -0.25) is 5.84 Å². The first-order chi connectivity index (χ1) is 5.74. The van der Waals surface area contributed by atoms with Crippen LogP contribution in [0.4, 0.5) is 5.69 Å². The minimum absolute atomic E-state index is 0.613. The van der Waals surface area contributed by atoms with Crippen LogP contribution in [0.2, 0.25) is 5.02 Å². The van der Waals surface area contributed by atoms with Gasteiger partial charge in [-0.1, -0.05) is 11.6 Å². The molecule has 4 heteroatoms. The largest absolute Gasteiger partial charge is 0.361 e. The van der Waals surface area contributed by atoms with Gasteiger partial charge in [0.05, 0.1) is 6.67 Å². The SMILES string of the molecule is CN(CNN)c1ccc(Cl)cc1. The van der Waals surface area contributed by atoms with E-state index in [1.807, 2.05) is 36.2 Å². The lowest BCUT2D eigenvalue weighted by molar-refractivity contribution is 0.718. The Kier molecular flexibility index (Phi) is 3.34. The van der Waals surface area contributed by atoms with Crippen LogP contribution in [0.3, 0.4) is 0 Å². The number of rotatable bonds is 3. The van der Waals surface area contributed by atoms with E-state index in [1.165, 1.54) is 0 Å². The van der Waals surface area contributed by atoms with Crippen molar-refractivity contribution in [3.05, 3.63) is 29.3 Å². The molecule has 0 bridgehead atoms. The Morgan fingerprint density at radius 3 is 2.50 bits per heavy atom. The van der Waals surface area contributed by atoms with E-state index >= 15 is 0 Å². The van der Waals surface area contributed by atoms with Gasteiger partial charge in [-0.25, -0.2) is 5.43 Å². The number of nitrogens with two attached hydrogens (primary N) is 1. The Morgan fingerprint density at radius 1 is 1.42 bits per heavy atom. The van der Waals surface area contributed by atoms with E-state index in [0.29, 0.717) is 6.67 Å². The van der Waals surface area contributed by atoms with E-state index in [2.05, 4.69) is 5.43 Å². The van der Waals surface area contributed by atoms with Gasteiger partial charge in [0.25, 0.3) is 0 Å². The predicted molar refractivity (Wildman–Crippen MR) is 52.0 cm³/mol. The Morgan fingerprint density at radius 2 is 2.00 bits per heavy atom. The molecule has 1 aromatic carbocycles. The molecule has 0 aliphatic carbocycles. The molecule has 0 saturated heterocycles. The van der Waals surface area contributed by atoms with Crippen LogP contribution in [-0.2, 0) is 0 Å². The van der Waals surface area contributed by atoms with Crippen molar-refractivity contribution >= 4 is 17.3 Å². The Hall–Kier alpha value is -0.770. The average Bonchev–Trinajstić information content (AvgIpc) is 2.06. The summed E-state index contributed by atoms with van der Waals surface area (Å²) in [6.45, 7) is 0.613. The lowest BCUT2D eigenvalue weighted by Gasteiger charge is -2.17. The van der Waals surface area contributed by atoms with E-state index in [1.54, 1.807) is 0 Å². The second-order valence-corrected chi connectivity index (χ2v) is 2.97. The van der Waals surface area contributed by atoms with E-state index in [4.69, 9.17) is 17.4 Å². The van der Waals surface area contributed by atoms with Crippen LogP contribution in [0.25, 0.3) is 0 Å². The number of anilines is 1. The molecular weight excluding hydrogens is 174 g/mol. The molecule has 3 N–H and O–H groups in total. The lowest BCUT2D eigenvalue weighted by atomic mass is 10.3. The van der Waals surface area contributed by atoms with Gasteiger partial charge in [-0.15, -0.1) is 0 Å². The average molecular weight is 186 g/mol. The summed E-state index contributed by atoms with van der Waals surface area (Å²) in [5, 5.41) is 0.743. The van der Waals surface area contributed by atoms with Gasteiger partial charge < -0.3 is 4.90 Å². The highest BCUT2D eigenvalue weighted by molar-refractivity contribution is 6.30. The molecule has 12 heavy (non-hydrogen) atoms. The van der Waals surface area contributed by atoms with Crippen molar-refractivity contribution in [3.8, 4) is 0 Å². The van der Waals surface area contributed by atoms with Crippen molar-refractivity contribution in [2.24, 2.45) is 5.84 Å². The van der Waals surface area contributed by atoms with E-state index in [-0.39, 0.29) is 0 Å². The Bertz CT molecular complexity index is 235. The number of nitrogens with one attached hydrogen (secondary N) is 1. The first kappa shape index (κ1) is 9.32. The normalized spacial score (nSPS) is 9.92. The molecule has 0 atom stereocenters. The molecule has 0 spiro atoms. The molecule has 0 heterocycles. The van der Waals surface area contributed by atoms with Crippen molar-refractivity contribution in [1.29, 1.82) is 0 Å². The van der Waals surface area contributed by atoms with E-state index < -0.39 is 0 Å². The Balaban J connectivity index is 2.68. The van der Waals surface area contributed by atoms with Crippen molar-refractivity contribution in [2.75, 3.05) is 18.6 Å². The van der Waals surface area contributed by atoms with Crippen LogP contribution in [-0.4, -0.2) is 13.7 Å². The molecule has 1 aromatic rings. The van der Waals surface area contributed by atoms with Crippen LogP contribution in [0.15, 0.2) is 24.3 Å². The molecule has 1 rings (SSSR count). The van der Waals surface area contributed by atoms with Gasteiger partial charge in [0.1, 0.15) is 0 Å². The molecule has 0 radical (unpaired) electrons. The first-order valence-electron chi connectivity index (χ1n) is 3.64. The highest BCUT2D eigenvalue weighted by atomic mass is 35.5. The quantitative estimate of drug-likeness (QED) is 0.423.